The Balaban J connectivity index is 0.000000244. The van der Waals surface area contributed by atoms with Gasteiger partial charge in [0.1, 0.15) is 5.75 Å². The maximum Gasteiger partial charge on any atom is 0.119 e. The van der Waals surface area contributed by atoms with Crippen LogP contribution in [0.3, 0.4) is 0 Å². The van der Waals surface area contributed by atoms with Crippen LogP contribution in [0.2, 0.25) is 0 Å². The molecule has 0 atom stereocenters. The molecule has 0 bridgehead atoms. The molecule has 0 amide bonds. The Bertz CT molecular complexity index is 1960. The fourth-order valence-corrected chi connectivity index (χ4v) is 15.9. The normalized spacial score (nSPS) is 28.5. The van der Waals surface area contributed by atoms with Gasteiger partial charge in [0.2, 0.25) is 0 Å². The van der Waals surface area contributed by atoms with E-state index in [0.717, 1.165) is 93.2 Å². The minimum Gasteiger partial charge on any atom is -0.494 e. The molecule has 2 aromatic rings. The summed E-state index contributed by atoms with van der Waals surface area (Å²) in [5.41, 5.74) is 7.85. The summed E-state index contributed by atoms with van der Waals surface area (Å²) in [6.07, 6.45) is 60.7. The molecule has 0 radical (unpaired) electrons. The number of benzene rings is 2. The molecule has 6 fully saturated rings. The Morgan fingerprint density at radius 1 is 0.388 bits per heavy atom. The van der Waals surface area contributed by atoms with E-state index < -0.39 is 0 Å². The predicted octanol–water partition coefficient (Wildman–Crippen LogP) is 22.4. The fourth-order valence-electron chi connectivity index (χ4n) is 15.9. The summed E-state index contributed by atoms with van der Waals surface area (Å²) in [4.78, 5) is 0. The molecule has 6 saturated carbocycles. The summed E-state index contributed by atoms with van der Waals surface area (Å²) in [5.74, 6) is 6.95. The maximum absolute atomic E-state index is 6.33. The van der Waals surface area contributed by atoms with Gasteiger partial charge in [0.25, 0.3) is 0 Å². The predicted molar refractivity (Wildman–Crippen MR) is 360 cm³/mol. The average molecular weight is 1180 g/mol. The molecule has 0 spiro atoms. The summed E-state index contributed by atoms with van der Waals surface area (Å²) < 4.78 is 36.7. The number of allylic oxidation sites excluding steroid dienone is 2. The largest absolute Gasteiger partial charge is 0.494 e. The van der Waals surface area contributed by atoms with Crippen LogP contribution in [-0.4, -0.2) is 70.2 Å². The van der Waals surface area contributed by atoms with E-state index in [-0.39, 0.29) is 0 Å². The van der Waals surface area contributed by atoms with Gasteiger partial charge < -0.3 is 28.4 Å². The zero-order valence-corrected chi connectivity index (χ0v) is 56.2. The molecule has 0 unspecified atom stereocenters. The third kappa shape index (κ3) is 27.4. The number of ether oxygens (including phenoxy) is 6. The molecule has 85 heavy (non-hydrogen) atoms. The quantitative estimate of drug-likeness (QED) is 0.0501. The van der Waals surface area contributed by atoms with Gasteiger partial charge in [-0.2, -0.15) is 0 Å². The van der Waals surface area contributed by atoms with Gasteiger partial charge in [-0.05, 0) is 288 Å². The molecule has 2 aromatic carbocycles. The smallest absolute Gasteiger partial charge is 0.119 e. The van der Waals surface area contributed by atoms with E-state index in [4.69, 9.17) is 28.4 Å². The van der Waals surface area contributed by atoms with Crippen molar-refractivity contribution in [3.05, 3.63) is 76.4 Å². The van der Waals surface area contributed by atoms with Crippen LogP contribution in [0.15, 0.2) is 48.6 Å². The number of hydrogen-bond donors (Lipinski definition) is 0. The zero-order chi connectivity index (χ0) is 59.5. The summed E-state index contributed by atoms with van der Waals surface area (Å²) in [7, 11) is 0. The number of unbranched alkanes of at least 4 members (excludes halogenated alkanes) is 9. The minimum absolute atomic E-state index is 0.468. The lowest BCUT2D eigenvalue weighted by Gasteiger charge is -2.32. The Morgan fingerprint density at radius 2 is 0.812 bits per heavy atom. The lowest BCUT2D eigenvalue weighted by Crippen LogP contribution is -2.27. The van der Waals surface area contributed by atoms with Crippen molar-refractivity contribution in [2.75, 3.05) is 39.6 Å². The maximum atomic E-state index is 6.33. The molecule has 6 heteroatoms. The van der Waals surface area contributed by atoms with Crippen LogP contribution in [0.1, 0.15) is 324 Å². The van der Waals surface area contributed by atoms with Gasteiger partial charge in [0, 0.05) is 32.8 Å². The third-order valence-corrected chi connectivity index (χ3v) is 21.8. The Labute approximate surface area is 524 Å². The summed E-state index contributed by atoms with van der Waals surface area (Å²) in [5, 5.41) is 0. The minimum atomic E-state index is 0.468. The van der Waals surface area contributed by atoms with Crippen LogP contribution in [0.5, 0.6) is 5.75 Å². The molecule has 6 aliphatic carbocycles. The second kappa shape index (κ2) is 42.0. The van der Waals surface area contributed by atoms with Crippen molar-refractivity contribution in [3.8, 4) is 5.75 Å². The average Bonchev–Trinajstić information content (AvgIpc) is 3.64. The lowest BCUT2D eigenvalue weighted by atomic mass is 9.74. The van der Waals surface area contributed by atoms with Crippen molar-refractivity contribution in [2.45, 2.75) is 347 Å². The molecule has 0 saturated heterocycles. The lowest BCUT2D eigenvalue weighted by molar-refractivity contribution is -0.0326. The van der Waals surface area contributed by atoms with Gasteiger partial charge in [0.15, 0.2) is 0 Å². The van der Waals surface area contributed by atoms with Gasteiger partial charge in [-0.1, -0.05) is 128 Å². The molecule has 0 aromatic heterocycles. The molecule has 6 nitrogen and oxygen atoms in total. The van der Waals surface area contributed by atoms with Crippen molar-refractivity contribution < 1.29 is 28.4 Å². The van der Waals surface area contributed by atoms with E-state index in [1.165, 1.54) is 262 Å². The molecule has 0 heterocycles. The third-order valence-electron chi connectivity index (χ3n) is 21.8. The van der Waals surface area contributed by atoms with E-state index in [9.17, 15) is 0 Å². The second-order valence-electron chi connectivity index (χ2n) is 28.8. The highest BCUT2D eigenvalue weighted by Gasteiger charge is 2.28. The molecular formula is C79H132O6. The topological polar surface area (TPSA) is 55.4 Å². The van der Waals surface area contributed by atoms with Crippen LogP contribution in [-0.2, 0) is 30.1 Å². The Hall–Kier alpha value is -2.22. The summed E-state index contributed by atoms with van der Waals surface area (Å²) >= 11 is 0. The van der Waals surface area contributed by atoms with Gasteiger partial charge in [0.05, 0.1) is 43.7 Å². The van der Waals surface area contributed by atoms with Crippen LogP contribution < -0.4 is 4.74 Å². The second-order valence-corrected chi connectivity index (χ2v) is 28.8. The molecule has 6 aliphatic rings. The molecule has 8 rings (SSSR count). The Kier molecular flexibility index (Phi) is 34.7. The van der Waals surface area contributed by atoms with Gasteiger partial charge >= 0.3 is 0 Å². The molecule has 0 N–H and O–H groups in total. The molecule has 0 aliphatic heterocycles. The van der Waals surface area contributed by atoms with Crippen molar-refractivity contribution >= 4 is 0 Å². The van der Waals surface area contributed by atoms with Gasteiger partial charge in [-0.3, -0.25) is 0 Å². The first-order valence-electron chi connectivity index (χ1n) is 37.3. The SMILES string of the molecule is CCCCCCCOC1CCC(C=CC2CCC(CCCCc3ccc(OCCCOC4CCC(C)CC4)cc3)CC2)CC1.CCCCOC1CCC(OCCCCCCOC2CCC(c3cc(C)c(C4CCC(CC)CC4)c(C)c3)CC2)CC1. The molecular weight excluding hydrogens is 1040 g/mol. The molecule has 484 valence electrons. The number of rotatable bonds is 36. The van der Waals surface area contributed by atoms with Crippen LogP contribution in [0.25, 0.3) is 0 Å². The van der Waals surface area contributed by atoms with Gasteiger partial charge in [-0.15, -0.1) is 0 Å². The van der Waals surface area contributed by atoms with Crippen molar-refractivity contribution in [2.24, 2.45) is 29.6 Å². The first-order chi connectivity index (χ1) is 41.7. The van der Waals surface area contributed by atoms with Crippen LogP contribution >= 0.6 is 0 Å². The Morgan fingerprint density at radius 3 is 1.32 bits per heavy atom. The standard InChI is InChI=1S/C41H68O3.C38H64O3/c1-3-4-5-6-9-31-42-40-29-23-38(24-30-40)20-19-37-17-15-35(16-18-37)11-7-8-12-36-21-27-41(28-22-36)44-33-10-32-43-39-25-13-34(2)14-26-39;1-5-7-24-39-36-20-22-37(23-21-36)41-26-11-9-8-10-25-40-35-18-16-32(17-19-35)34-27-29(3)38(30(4)28-34)33-14-12-31(6-2)13-15-33/h19-22,27-28,34-35,37-40H,3-18,23-26,29-33H2,1-2H3;27-28,31-33,35-37H,5-26H2,1-4H3. The highest BCUT2D eigenvalue weighted by atomic mass is 16.5. The van der Waals surface area contributed by atoms with Gasteiger partial charge in [-0.25, -0.2) is 0 Å². The van der Waals surface area contributed by atoms with E-state index in [2.05, 4.69) is 90.1 Å². The number of aryl methyl sites for hydroxylation is 3. The van der Waals surface area contributed by atoms with E-state index >= 15 is 0 Å². The number of hydrogen-bond acceptors (Lipinski definition) is 6. The van der Waals surface area contributed by atoms with E-state index in [0.29, 0.717) is 30.5 Å². The van der Waals surface area contributed by atoms with Crippen molar-refractivity contribution in [1.29, 1.82) is 0 Å². The van der Waals surface area contributed by atoms with Crippen molar-refractivity contribution in [1.82, 2.24) is 0 Å². The highest BCUT2D eigenvalue weighted by Crippen LogP contribution is 2.42. The fraction of sp³-hybridized carbons (Fsp3) is 0.823. The summed E-state index contributed by atoms with van der Waals surface area (Å²) in [6.45, 7) is 19.4. The van der Waals surface area contributed by atoms with Crippen LogP contribution in [0.4, 0.5) is 0 Å². The monoisotopic (exact) mass is 1180 g/mol. The zero-order valence-electron chi connectivity index (χ0n) is 56.2. The highest BCUT2D eigenvalue weighted by molar-refractivity contribution is 5.42. The van der Waals surface area contributed by atoms with Crippen molar-refractivity contribution in [3.63, 3.8) is 0 Å². The van der Waals surface area contributed by atoms with Crippen LogP contribution in [0, 0.1) is 43.4 Å². The van der Waals surface area contributed by atoms with E-state index in [1.54, 1.807) is 22.3 Å². The summed E-state index contributed by atoms with van der Waals surface area (Å²) in [6, 6.07) is 14.0. The first kappa shape index (κ1) is 70.2. The van der Waals surface area contributed by atoms with E-state index in [1.807, 2.05) is 0 Å². The first-order valence-corrected chi connectivity index (χ1v) is 37.3.